The van der Waals surface area contributed by atoms with Crippen molar-refractivity contribution in [1.29, 1.82) is 0 Å². The van der Waals surface area contributed by atoms with Gasteiger partial charge in [-0.15, -0.1) is 0 Å². The third-order valence-corrected chi connectivity index (χ3v) is 4.20. The zero-order valence-corrected chi connectivity index (χ0v) is 15.1. The summed E-state index contributed by atoms with van der Waals surface area (Å²) in [7, 11) is 0. The number of para-hydroxylation sites is 2. The molecule has 0 saturated heterocycles. The number of nitrogens with zero attached hydrogens (tertiary/aromatic N) is 1. The van der Waals surface area contributed by atoms with Gasteiger partial charge in [-0.25, -0.2) is 4.98 Å². The maximum absolute atomic E-state index is 12.2. The van der Waals surface area contributed by atoms with Crippen LogP contribution in [-0.4, -0.2) is 28.5 Å². The summed E-state index contributed by atoms with van der Waals surface area (Å²) in [5, 5.41) is 3.72. The number of aromatic nitrogens is 2. The highest BCUT2D eigenvalue weighted by molar-refractivity contribution is 6.35. The lowest BCUT2D eigenvalue weighted by atomic mass is 10.3. The number of hydrogen-bond donors (Lipinski definition) is 2. The zero-order chi connectivity index (χ0) is 17.8. The van der Waals surface area contributed by atoms with Gasteiger partial charge in [0.2, 0.25) is 0 Å². The number of carbonyl (C=O) groups excluding carboxylic acids is 1. The Bertz CT molecular complexity index is 862. The van der Waals surface area contributed by atoms with Crippen LogP contribution in [0.4, 0.5) is 0 Å². The van der Waals surface area contributed by atoms with Crippen molar-refractivity contribution in [3.63, 3.8) is 0 Å². The summed E-state index contributed by atoms with van der Waals surface area (Å²) in [6.07, 6.45) is -0.0659. The van der Waals surface area contributed by atoms with Gasteiger partial charge in [-0.3, -0.25) is 4.79 Å². The van der Waals surface area contributed by atoms with Crippen LogP contribution in [0.15, 0.2) is 42.5 Å². The van der Waals surface area contributed by atoms with Gasteiger partial charge in [0.25, 0.3) is 5.91 Å². The predicted octanol–water partition coefficient (Wildman–Crippen LogP) is 4.00. The molecule has 0 aliphatic rings. The fraction of sp³-hybridized carbons (Fsp3) is 0.222. The maximum Gasteiger partial charge on any atom is 0.260 e. The molecule has 3 rings (SSSR count). The molecular formula is C18H17Cl2N3O2. The molecule has 0 fully saturated rings. The van der Waals surface area contributed by atoms with Crippen LogP contribution in [0.25, 0.3) is 11.0 Å². The largest absolute Gasteiger partial charge is 0.479 e. The van der Waals surface area contributed by atoms with Crippen LogP contribution in [0.2, 0.25) is 10.0 Å². The van der Waals surface area contributed by atoms with Crippen LogP contribution in [0.5, 0.6) is 5.75 Å². The standard InChI is InChI=1S/C18H17Cl2N3O2/c1-11(25-16-7-6-12(19)10-13(16)20)18(24)21-9-8-17-22-14-4-2-3-5-15(14)23-17/h2-7,10-11H,8-9H2,1H3,(H,21,24)(H,22,23). The SMILES string of the molecule is CC(Oc1ccc(Cl)cc1Cl)C(=O)NCCc1nc2ccccc2[nH]1. The van der Waals surface area contributed by atoms with E-state index in [2.05, 4.69) is 15.3 Å². The quantitative estimate of drug-likeness (QED) is 0.682. The molecule has 0 bridgehead atoms. The Morgan fingerprint density at radius 3 is 2.84 bits per heavy atom. The molecule has 2 aromatic carbocycles. The molecule has 25 heavy (non-hydrogen) atoms. The Morgan fingerprint density at radius 2 is 2.08 bits per heavy atom. The van der Waals surface area contributed by atoms with E-state index < -0.39 is 6.10 Å². The second-order valence-electron chi connectivity index (χ2n) is 5.58. The van der Waals surface area contributed by atoms with E-state index in [9.17, 15) is 4.79 Å². The second kappa shape index (κ2) is 7.76. The van der Waals surface area contributed by atoms with E-state index in [0.717, 1.165) is 16.9 Å². The van der Waals surface area contributed by atoms with Gasteiger partial charge in [0.1, 0.15) is 11.6 Å². The number of imidazole rings is 1. The van der Waals surface area contributed by atoms with Gasteiger partial charge < -0.3 is 15.0 Å². The van der Waals surface area contributed by atoms with Crippen molar-refractivity contribution < 1.29 is 9.53 Å². The van der Waals surface area contributed by atoms with Crippen molar-refractivity contribution in [3.05, 3.63) is 58.3 Å². The molecule has 5 nitrogen and oxygen atoms in total. The van der Waals surface area contributed by atoms with E-state index >= 15 is 0 Å². The molecule has 1 heterocycles. The van der Waals surface area contributed by atoms with Crippen molar-refractivity contribution >= 4 is 40.1 Å². The lowest BCUT2D eigenvalue weighted by Gasteiger charge is -2.15. The summed E-state index contributed by atoms with van der Waals surface area (Å²) in [6, 6.07) is 12.7. The van der Waals surface area contributed by atoms with Gasteiger partial charge in [-0.2, -0.15) is 0 Å². The number of H-pyrrole nitrogens is 1. The number of halogens is 2. The zero-order valence-electron chi connectivity index (χ0n) is 13.6. The van der Waals surface area contributed by atoms with Crippen molar-refractivity contribution in [3.8, 4) is 5.75 Å². The normalized spacial score (nSPS) is 12.1. The van der Waals surface area contributed by atoms with Crippen molar-refractivity contribution in [2.75, 3.05) is 6.54 Å². The van der Waals surface area contributed by atoms with Gasteiger partial charge in [-0.05, 0) is 37.3 Å². The van der Waals surface area contributed by atoms with Gasteiger partial charge in [0.05, 0.1) is 16.1 Å². The first-order chi connectivity index (χ1) is 12.0. The van der Waals surface area contributed by atoms with Gasteiger partial charge >= 0.3 is 0 Å². The van der Waals surface area contributed by atoms with E-state index in [4.69, 9.17) is 27.9 Å². The molecule has 0 saturated carbocycles. The number of fused-ring (bicyclic) bond motifs is 1. The molecule has 1 amide bonds. The minimum absolute atomic E-state index is 0.220. The van der Waals surface area contributed by atoms with Crippen LogP contribution in [-0.2, 0) is 11.2 Å². The molecule has 0 aliphatic carbocycles. The smallest absolute Gasteiger partial charge is 0.260 e. The highest BCUT2D eigenvalue weighted by atomic mass is 35.5. The minimum atomic E-state index is -0.672. The average molecular weight is 378 g/mol. The van der Waals surface area contributed by atoms with Crippen LogP contribution in [0.3, 0.4) is 0 Å². The van der Waals surface area contributed by atoms with Gasteiger partial charge in [0.15, 0.2) is 6.10 Å². The van der Waals surface area contributed by atoms with Crippen molar-refractivity contribution in [2.24, 2.45) is 0 Å². The number of hydrogen-bond acceptors (Lipinski definition) is 3. The minimum Gasteiger partial charge on any atom is -0.479 e. The number of nitrogens with one attached hydrogen (secondary N) is 2. The number of aromatic amines is 1. The molecule has 1 atom stereocenters. The monoisotopic (exact) mass is 377 g/mol. The lowest BCUT2D eigenvalue weighted by Crippen LogP contribution is -2.37. The summed E-state index contributed by atoms with van der Waals surface area (Å²) >= 11 is 11.9. The van der Waals surface area contributed by atoms with Gasteiger partial charge in [-0.1, -0.05) is 35.3 Å². The average Bonchev–Trinajstić information content (AvgIpc) is 3.00. The van der Waals surface area contributed by atoms with Gasteiger partial charge in [0, 0.05) is 18.0 Å². The number of rotatable bonds is 6. The van der Waals surface area contributed by atoms with E-state index in [1.807, 2.05) is 24.3 Å². The fourth-order valence-electron chi connectivity index (χ4n) is 2.39. The third kappa shape index (κ3) is 4.44. The summed E-state index contributed by atoms with van der Waals surface area (Å²) in [6.45, 7) is 2.13. The molecular weight excluding hydrogens is 361 g/mol. The van der Waals surface area contributed by atoms with Crippen LogP contribution in [0.1, 0.15) is 12.7 Å². The summed E-state index contributed by atoms with van der Waals surface area (Å²) < 4.78 is 5.59. The molecule has 0 radical (unpaired) electrons. The third-order valence-electron chi connectivity index (χ3n) is 3.67. The Hall–Kier alpha value is -2.24. The second-order valence-corrected chi connectivity index (χ2v) is 6.42. The molecule has 0 spiro atoms. The summed E-state index contributed by atoms with van der Waals surface area (Å²) in [5.74, 6) is 1.03. The maximum atomic E-state index is 12.2. The molecule has 2 N–H and O–H groups in total. The molecule has 3 aromatic rings. The number of benzene rings is 2. The van der Waals surface area contributed by atoms with Crippen molar-refractivity contribution in [1.82, 2.24) is 15.3 Å². The van der Waals surface area contributed by atoms with Crippen LogP contribution < -0.4 is 10.1 Å². The predicted molar refractivity (Wildman–Crippen MR) is 99.4 cm³/mol. The van der Waals surface area contributed by atoms with Crippen LogP contribution in [0, 0.1) is 0 Å². The topological polar surface area (TPSA) is 67.0 Å². The van der Waals surface area contributed by atoms with Crippen molar-refractivity contribution in [2.45, 2.75) is 19.4 Å². The summed E-state index contributed by atoms with van der Waals surface area (Å²) in [4.78, 5) is 19.9. The van der Waals surface area contributed by atoms with E-state index in [0.29, 0.717) is 28.8 Å². The summed E-state index contributed by atoms with van der Waals surface area (Å²) in [5.41, 5.74) is 1.90. The van der Waals surface area contributed by atoms with Crippen LogP contribution >= 0.6 is 23.2 Å². The van der Waals surface area contributed by atoms with E-state index in [-0.39, 0.29) is 5.91 Å². The number of ether oxygens (including phenoxy) is 1. The Kier molecular flexibility index (Phi) is 5.46. The first-order valence-electron chi connectivity index (χ1n) is 7.86. The first-order valence-corrected chi connectivity index (χ1v) is 8.61. The van der Waals surface area contributed by atoms with E-state index in [1.165, 1.54) is 0 Å². The molecule has 130 valence electrons. The Balaban J connectivity index is 1.51. The highest BCUT2D eigenvalue weighted by Gasteiger charge is 2.16. The number of carbonyl (C=O) groups is 1. The Labute approximate surface area is 155 Å². The molecule has 1 aromatic heterocycles. The van der Waals surface area contributed by atoms with E-state index in [1.54, 1.807) is 25.1 Å². The molecule has 1 unspecified atom stereocenters. The molecule has 0 aliphatic heterocycles. The first kappa shape index (κ1) is 17.6. The number of amides is 1. The lowest BCUT2D eigenvalue weighted by molar-refractivity contribution is -0.127. The fourth-order valence-corrected chi connectivity index (χ4v) is 2.84. The Morgan fingerprint density at radius 1 is 1.28 bits per heavy atom. The highest BCUT2D eigenvalue weighted by Crippen LogP contribution is 2.28. The molecule has 7 heteroatoms.